The zero-order valence-electron chi connectivity index (χ0n) is 23.1. The summed E-state index contributed by atoms with van der Waals surface area (Å²) in [5.74, 6) is -3.90. The first-order valence-electron chi connectivity index (χ1n) is 13.4. The number of hydrogen-bond donors (Lipinski definition) is 1. The van der Waals surface area contributed by atoms with Crippen LogP contribution < -0.4 is 9.64 Å². The van der Waals surface area contributed by atoms with Gasteiger partial charge in [0, 0.05) is 25.8 Å². The molecule has 3 aliphatic rings. The molecule has 1 amide bonds. The van der Waals surface area contributed by atoms with Crippen LogP contribution in [0, 0.1) is 17.6 Å². The normalized spacial score (nSPS) is 22.0. The third-order valence-electron chi connectivity index (χ3n) is 7.04. The van der Waals surface area contributed by atoms with Gasteiger partial charge in [-0.25, -0.2) is 18.4 Å². The van der Waals surface area contributed by atoms with E-state index in [-0.39, 0.29) is 42.4 Å². The van der Waals surface area contributed by atoms with Crippen molar-refractivity contribution in [3.05, 3.63) is 28.8 Å². The van der Waals surface area contributed by atoms with Crippen LogP contribution in [-0.4, -0.2) is 79.3 Å². The fourth-order valence-electron chi connectivity index (χ4n) is 5.12. The van der Waals surface area contributed by atoms with Crippen molar-refractivity contribution < 1.29 is 37.7 Å². The van der Waals surface area contributed by atoms with Crippen molar-refractivity contribution in [2.24, 2.45) is 10.9 Å². The Labute approximate surface area is 227 Å². The van der Waals surface area contributed by atoms with E-state index in [1.54, 1.807) is 37.5 Å². The number of fused-ring (bicyclic) bond motifs is 1. The predicted molar refractivity (Wildman–Crippen MR) is 142 cm³/mol. The van der Waals surface area contributed by atoms with Gasteiger partial charge in [-0.15, -0.1) is 0 Å². The lowest BCUT2D eigenvalue weighted by Gasteiger charge is -2.37. The molecule has 1 N–H and O–H groups in total. The molecule has 2 unspecified atom stereocenters. The predicted octanol–water partition coefficient (Wildman–Crippen LogP) is 4.87. The summed E-state index contributed by atoms with van der Waals surface area (Å²) < 4.78 is 47.4. The number of rotatable bonds is 7. The van der Waals surface area contributed by atoms with E-state index in [2.05, 4.69) is 4.99 Å². The molecule has 1 aliphatic carbocycles. The van der Waals surface area contributed by atoms with E-state index in [0.717, 1.165) is 38.0 Å². The SMILES string of the molecule is CCOC(=O)C(C=NC1CC1)=C(O)c1cc(F)c(N2CC3CCCN(C(=O)OC(C)(C)C)C3C2)c(OC)c1F. The number of amides is 1. The molecule has 214 valence electrons. The standard InChI is InChI=1S/C28H37F2N3O6/c1-6-38-26(35)19(13-31-17-9-10-17)24(34)18-12-20(29)23(25(37-5)22(18)30)32-14-16-8-7-11-33(21(16)15-32)27(36)39-28(2,3)4/h12-13,16-17,21,34H,6-11,14-15H2,1-5H3. The highest BCUT2D eigenvalue weighted by atomic mass is 19.1. The van der Waals surface area contributed by atoms with Crippen LogP contribution in [0.1, 0.15) is 58.9 Å². The number of carbonyl (C=O) groups is 2. The number of nitrogens with zero attached hydrogens (tertiary/aromatic N) is 3. The van der Waals surface area contributed by atoms with Gasteiger partial charge in [0.15, 0.2) is 17.4 Å². The molecule has 0 aromatic heterocycles. The maximum atomic E-state index is 15.8. The largest absolute Gasteiger partial charge is 0.506 e. The highest BCUT2D eigenvalue weighted by Crippen LogP contribution is 2.42. The molecule has 2 heterocycles. The van der Waals surface area contributed by atoms with E-state index < -0.39 is 46.4 Å². The number of anilines is 1. The zero-order valence-corrected chi connectivity index (χ0v) is 23.1. The van der Waals surface area contributed by atoms with Gasteiger partial charge < -0.3 is 29.1 Å². The van der Waals surface area contributed by atoms with Crippen LogP contribution in [0.4, 0.5) is 19.3 Å². The molecular weight excluding hydrogens is 512 g/mol. The van der Waals surface area contributed by atoms with Gasteiger partial charge in [0.2, 0.25) is 0 Å². The molecule has 3 fully saturated rings. The lowest BCUT2D eigenvalue weighted by molar-refractivity contribution is -0.137. The van der Waals surface area contributed by atoms with E-state index in [1.807, 2.05) is 0 Å². The van der Waals surface area contributed by atoms with Gasteiger partial charge in [-0.2, -0.15) is 0 Å². The Morgan fingerprint density at radius 2 is 1.92 bits per heavy atom. The summed E-state index contributed by atoms with van der Waals surface area (Å²) in [5, 5.41) is 10.9. The first kappa shape index (κ1) is 28.6. The molecule has 2 atom stereocenters. The molecule has 4 rings (SSSR count). The average Bonchev–Trinajstić information content (AvgIpc) is 3.59. The number of methoxy groups -OCH3 is 1. The molecule has 11 heteroatoms. The van der Waals surface area contributed by atoms with Gasteiger partial charge in [0.1, 0.15) is 22.6 Å². The number of carbonyl (C=O) groups excluding carboxylic acids is 2. The lowest BCUT2D eigenvalue weighted by atomic mass is 9.92. The summed E-state index contributed by atoms with van der Waals surface area (Å²) in [6, 6.07) is 0.641. The first-order chi connectivity index (χ1) is 18.4. The van der Waals surface area contributed by atoms with Gasteiger partial charge >= 0.3 is 12.1 Å². The molecule has 0 radical (unpaired) electrons. The number of likely N-dealkylation sites (tertiary alicyclic amines) is 1. The Bertz CT molecular complexity index is 1170. The number of hydrogen-bond acceptors (Lipinski definition) is 8. The number of aliphatic hydroxyl groups is 1. The van der Waals surface area contributed by atoms with Crippen LogP contribution in [0.25, 0.3) is 5.76 Å². The molecule has 0 bridgehead atoms. The van der Waals surface area contributed by atoms with Crippen LogP contribution in [0.5, 0.6) is 5.75 Å². The highest BCUT2D eigenvalue weighted by Gasteiger charge is 2.44. The smallest absolute Gasteiger partial charge is 0.410 e. The number of benzene rings is 1. The number of aliphatic hydroxyl groups excluding tert-OH is 1. The van der Waals surface area contributed by atoms with E-state index in [4.69, 9.17) is 14.2 Å². The minimum atomic E-state index is -1.02. The molecule has 9 nitrogen and oxygen atoms in total. The maximum absolute atomic E-state index is 15.8. The quantitative estimate of drug-likeness (QED) is 0.224. The second-order valence-corrected chi connectivity index (χ2v) is 11.1. The summed E-state index contributed by atoms with van der Waals surface area (Å²) in [6.45, 7) is 8.20. The molecule has 2 aliphatic heterocycles. The van der Waals surface area contributed by atoms with Crippen LogP contribution in [-0.2, 0) is 14.3 Å². The summed E-state index contributed by atoms with van der Waals surface area (Å²) in [5.41, 5.74) is -1.66. The third kappa shape index (κ3) is 6.28. The molecule has 2 saturated heterocycles. The third-order valence-corrected chi connectivity index (χ3v) is 7.04. The lowest BCUT2D eigenvalue weighted by Crippen LogP contribution is -2.50. The maximum Gasteiger partial charge on any atom is 0.410 e. The van der Waals surface area contributed by atoms with Crippen molar-refractivity contribution >= 4 is 29.7 Å². The van der Waals surface area contributed by atoms with Crippen LogP contribution in [0.2, 0.25) is 0 Å². The number of halogens is 2. The van der Waals surface area contributed by atoms with Gasteiger partial charge in [0.25, 0.3) is 0 Å². The molecular formula is C28H37F2N3O6. The van der Waals surface area contributed by atoms with Crippen LogP contribution in [0.15, 0.2) is 16.6 Å². The van der Waals surface area contributed by atoms with Crippen LogP contribution in [0.3, 0.4) is 0 Å². The molecule has 0 spiro atoms. The molecule has 39 heavy (non-hydrogen) atoms. The fraction of sp³-hybridized carbons (Fsp3) is 0.607. The number of esters is 1. The molecule has 1 aromatic carbocycles. The number of ether oxygens (including phenoxy) is 3. The number of piperidine rings is 1. The van der Waals surface area contributed by atoms with Crippen molar-refractivity contribution in [3.63, 3.8) is 0 Å². The van der Waals surface area contributed by atoms with Crippen molar-refractivity contribution in [3.8, 4) is 5.75 Å². The van der Waals surface area contributed by atoms with Crippen molar-refractivity contribution in [2.75, 3.05) is 38.3 Å². The van der Waals surface area contributed by atoms with E-state index in [9.17, 15) is 14.7 Å². The minimum Gasteiger partial charge on any atom is -0.506 e. The van der Waals surface area contributed by atoms with E-state index in [1.165, 1.54) is 7.11 Å². The average molecular weight is 550 g/mol. The van der Waals surface area contributed by atoms with Gasteiger partial charge in [-0.3, -0.25) is 4.99 Å². The summed E-state index contributed by atoms with van der Waals surface area (Å²) in [6.07, 6.45) is 4.03. The Balaban J connectivity index is 1.68. The summed E-state index contributed by atoms with van der Waals surface area (Å²) >= 11 is 0. The Hall–Kier alpha value is -3.37. The van der Waals surface area contributed by atoms with Gasteiger partial charge in [-0.05, 0) is 65.4 Å². The Kier molecular flexibility index (Phi) is 8.37. The van der Waals surface area contributed by atoms with Crippen LogP contribution >= 0.6 is 0 Å². The topological polar surface area (TPSA) is 101 Å². The van der Waals surface area contributed by atoms with E-state index in [0.29, 0.717) is 13.1 Å². The Morgan fingerprint density at radius 1 is 1.21 bits per heavy atom. The van der Waals surface area contributed by atoms with Crippen molar-refractivity contribution in [2.45, 2.75) is 71.1 Å². The van der Waals surface area contributed by atoms with Crippen molar-refractivity contribution in [1.29, 1.82) is 0 Å². The Morgan fingerprint density at radius 3 is 2.54 bits per heavy atom. The second-order valence-electron chi connectivity index (χ2n) is 11.1. The van der Waals surface area contributed by atoms with Crippen molar-refractivity contribution in [1.82, 2.24) is 4.90 Å². The summed E-state index contributed by atoms with van der Waals surface area (Å²) in [7, 11) is 1.21. The van der Waals surface area contributed by atoms with E-state index >= 15 is 8.78 Å². The molecule has 1 saturated carbocycles. The minimum absolute atomic E-state index is 0.0275. The monoisotopic (exact) mass is 549 g/mol. The summed E-state index contributed by atoms with van der Waals surface area (Å²) in [4.78, 5) is 32.9. The fourth-order valence-corrected chi connectivity index (χ4v) is 5.12. The zero-order chi connectivity index (χ0) is 28.5. The highest BCUT2D eigenvalue weighted by molar-refractivity contribution is 6.15. The second kappa shape index (κ2) is 11.4. The van der Waals surface area contributed by atoms with Gasteiger partial charge in [0.05, 0.1) is 31.4 Å². The first-order valence-corrected chi connectivity index (χ1v) is 13.4. The number of aliphatic imine (C=N–C) groups is 1. The molecule has 1 aromatic rings. The van der Waals surface area contributed by atoms with Gasteiger partial charge in [-0.1, -0.05) is 0 Å².